The predicted octanol–water partition coefficient (Wildman–Crippen LogP) is 0.152. The Bertz CT molecular complexity index is 714. The van der Waals surface area contributed by atoms with Crippen LogP contribution in [0.25, 0.3) is 0 Å². The van der Waals surface area contributed by atoms with Gasteiger partial charge in [-0.15, -0.1) is 0 Å². The normalized spacial score (nSPS) is 15.0. The van der Waals surface area contributed by atoms with Crippen molar-refractivity contribution in [2.75, 3.05) is 49.9 Å². The Balaban J connectivity index is 2.20. The summed E-state index contributed by atoms with van der Waals surface area (Å²) in [6.07, 6.45) is 1.82. The van der Waals surface area contributed by atoms with E-state index in [1.165, 1.54) is 0 Å². The lowest BCUT2D eigenvalue weighted by molar-refractivity contribution is -0.133. The van der Waals surface area contributed by atoms with Crippen LogP contribution in [0.15, 0.2) is 24.3 Å². The molecule has 0 unspecified atom stereocenters. The number of amides is 2. The Hall–Kier alpha value is -2.29. The first-order valence-electron chi connectivity index (χ1n) is 8.03. The molecule has 8 nitrogen and oxygen atoms in total. The maximum Gasteiger partial charge on any atom is 0.243 e. The van der Waals surface area contributed by atoms with Gasteiger partial charge in [-0.1, -0.05) is 12.1 Å². The van der Waals surface area contributed by atoms with Gasteiger partial charge in [-0.3, -0.25) is 13.9 Å². The van der Waals surface area contributed by atoms with Gasteiger partial charge >= 0.3 is 0 Å². The van der Waals surface area contributed by atoms with Gasteiger partial charge in [0.2, 0.25) is 22.3 Å². The molecule has 1 aliphatic heterocycles. The van der Waals surface area contributed by atoms with Gasteiger partial charge in [0.15, 0.2) is 0 Å². The first-order chi connectivity index (χ1) is 11.9. The van der Waals surface area contributed by atoms with E-state index in [4.69, 9.17) is 4.74 Å². The molecular formula is C16H23N3O5S. The monoisotopic (exact) mass is 369 g/mol. The molecule has 0 spiro atoms. The third-order valence-electron chi connectivity index (χ3n) is 3.93. The number of ether oxygens (including phenoxy) is 1. The van der Waals surface area contributed by atoms with Gasteiger partial charge in [0.1, 0.15) is 12.3 Å². The molecule has 1 heterocycles. The van der Waals surface area contributed by atoms with E-state index in [-0.39, 0.29) is 12.5 Å². The lowest BCUT2D eigenvalue weighted by Crippen LogP contribution is -2.51. The molecule has 0 bridgehead atoms. The molecule has 1 aromatic rings. The second-order valence-corrected chi connectivity index (χ2v) is 7.60. The van der Waals surface area contributed by atoms with Crippen molar-refractivity contribution in [2.24, 2.45) is 0 Å². The van der Waals surface area contributed by atoms with E-state index in [1.807, 2.05) is 0 Å². The number of hydrogen-bond acceptors (Lipinski definition) is 5. The Kier molecular flexibility index (Phi) is 6.24. The fourth-order valence-corrected chi connectivity index (χ4v) is 3.47. The Morgan fingerprint density at radius 3 is 2.44 bits per heavy atom. The third-order valence-corrected chi connectivity index (χ3v) is 5.06. The van der Waals surface area contributed by atoms with Gasteiger partial charge < -0.3 is 14.5 Å². The number of carbonyl (C=O) groups excluding carboxylic acids is 2. The number of sulfonamides is 1. The molecule has 1 aromatic carbocycles. The fraction of sp³-hybridized carbons (Fsp3) is 0.500. The van der Waals surface area contributed by atoms with E-state index in [2.05, 4.69) is 0 Å². The van der Waals surface area contributed by atoms with Gasteiger partial charge in [0.05, 0.1) is 18.6 Å². The highest BCUT2D eigenvalue weighted by Gasteiger charge is 2.27. The molecule has 138 valence electrons. The molecule has 1 fully saturated rings. The highest BCUT2D eigenvalue weighted by molar-refractivity contribution is 7.92. The van der Waals surface area contributed by atoms with Crippen molar-refractivity contribution < 1.29 is 22.7 Å². The number of hydrogen-bond donors (Lipinski definition) is 0. The molecule has 9 heteroatoms. The first kappa shape index (κ1) is 19.0. The van der Waals surface area contributed by atoms with Gasteiger partial charge in [0, 0.05) is 26.2 Å². The van der Waals surface area contributed by atoms with Crippen LogP contribution >= 0.6 is 0 Å². The van der Waals surface area contributed by atoms with Crippen molar-refractivity contribution in [1.82, 2.24) is 9.80 Å². The topological polar surface area (TPSA) is 87.2 Å². The van der Waals surface area contributed by atoms with E-state index in [9.17, 15) is 18.0 Å². The minimum absolute atomic E-state index is 0.302. The molecule has 1 saturated heterocycles. The standard InChI is InChI=1S/C16H23N3O5S/c1-3-24-15-7-5-4-6-14(15)19(25(2,22)23)12-16(21)18-10-8-17(13-20)9-11-18/h4-7,13H,3,8-12H2,1-2H3. The number of anilines is 1. The predicted molar refractivity (Wildman–Crippen MR) is 94.0 cm³/mol. The van der Waals surface area contributed by atoms with E-state index >= 15 is 0 Å². The van der Waals surface area contributed by atoms with Crippen LogP contribution in [0, 0.1) is 0 Å². The number of benzene rings is 1. The van der Waals surface area contributed by atoms with E-state index in [1.54, 1.807) is 41.0 Å². The minimum atomic E-state index is -3.67. The quantitative estimate of drug-likeness (QED) is 0.639. The summed E-state index contributed by atoms with van der Waals surface area (Å²) in [5, 5.41) is 0. The zero-order chi connectivity index (χ0) is 18.4. The van der Waals surface area contributed by atoms with E-state index in [0.29, 0.717) is 44.2 Å². The minimum Gasteiger partial charge on any atom is -0.492 e. The average molecular weight is 369 g/mol. The number of para-hydroxylation sites is 2. The zero-order valence-corrected chi connectivity index (χ0v) is 15.2. The molecule has 0 N–H and O–H groups in total. The van der Waals surface area contributed by atoms with Crippen LogP contribution in [0.5, 0.6) is 5.75 Å². The number of rotatable bonds is 7. The van der Waals surface area contributed by atoms with Crippen molar-refractivity contribution in [1.29, 1.82) is 0 Å². The second-order valence-electron chi connectivity index (χ2n) is 5.69. The summed E-state index contributed by atoms with van der Waals surface area (Å²) < 4.78 is 31.1. The summed E-state index contributed by atoms with van der Waals surface area (Å²) in [5.74, 6) is 0.108. The van der Waals surface area contributed by atoms with Gasteiger partial charge in [-0.2, -0.15) is 0 Å². The highest BCUT2D eigenvalue weighted by Crippen LogP contribution is 2.29. The summed E-state index contributed by atoms with van der Waals surface area (Å²) in [5.41, 5.74) is 0.340. The Morgan fingerprint density at radius 2 is 1.88 bits per heavy atom. The van der Waals surface area contributed by atoms with Crippen LogP contribution in [0.3, 0.4) is 0 Å². The molecule has 0 radical (unpaired) electrons. The molecule has 0 saturated carbocycles. The number of nitrogens with zero attached hydrogens (tertiary/aromatic N) is 3. The maximum absolute atomic E-state index is 12.6. The van der Waals surface area contributed by atoms with E-state index in [0.717, 1.165) is 17.0 Å². The van der Waals surface area contributed by atoms with E-state index < -0.39 is 10.0 Å². The van der Waals surface area contributed by atoms with Crippen LogP contribution in [-0.4, -0.2) is 76.1 Å². The van der Waals surface area contributed by atoms with Gasteiger partial charge in [0.25, 0.3) is 0 Å². The smallest absolute Gasteiger partial charge is 0.243 e. The van der Waals surface area contributed by atoms with Crippen LogP contribution in [0.2, 0.25) is 0 Å². The summed E-state index contributed by atoms with van der Waals surface area (Å²) >= 11 is 0. The first-order valence-corrected chi connectivity index (χ1v) is 9.88. The molecule has 25 heavy (non-hydrogen) atoms. The van der Waals surface area contributed by atoms with Crippen LogP contribution in [-0.2, 0) is 19.6 Å². The van der Waals surface area contributed by atoms with Crippen LogP contribution in [0.1, 0.15) is 6.92 Å². The maximum atomic E-state index is 12.6. The average Bonchev–Trinajstić information content (AvgIpc) is 2.59. The van der Waals surface area contributed by atoms with Crippen molar-refractivity contribution in [3.8, 4) is 5.75 Å². The molecule has 0 aromatic heterocycles. The largest absolute Gasteiger partial charge is 0.492 e. The number of piperazine rings is 1. The zero-order valence-electron chi connectivity index (χ0n) is 14.4. The van der Waals surface area contributed by atoms with Crippen LogP contribution in [0.4, 0.5) is 5.69 Å². The summed E-state index contributed by atoms with van der Waals surface area (Å²) in [4.78, 5) is 26.5. The van der Waals surface area contributed by atoms with Crippen molar-refractivity contribution in [3.63, 3.8) is 0 Å². The lowest BCUT2D eigenvalue weighted by Gasteiger charge is -2.34. The molecule has 1 aliphatic rings. The lowest BCUT2D eigenvalue weighted by atomic mass is 10.2. The van der Waals surface area contributed by atoms with Gasteiger partial charge in [-0.05, 0) is 19.1 Å². The SMILES string of the molecule is CCOc1ccccc1N(CC(=O)N1CCN(C=O)CC1)S(C)(=O)=O. The van der Waals surface area contributed by atoms with Crippen molar-refractivity contribution in [3.05, 3.63) is 24.3 Å². The molecule has 0 atom stereocenters. The summed E-state index contributed by atoms with van der Waals surface area (Å²) in [7, 11) is -3.67. The van der Waals surface area contributed by atoms with Crippen LogP contribution < -0.4 is 9.04 Å². The molecule has 2 amide bonds. The Morgan fingerprint density at radius 1 is 1.24 bits per heavy atom. The molecule has 2 rings (SSSR count). The summed E-state index contributed by atoms with van der Waals surface area (Å²) in [6, 6.07) is 6.73. The van der Waals surface area contributed by atoms with Crippen molar-refractivity contribution >= 4 is 28.0 Å². The fourth-order valence-electron chi connectivity index (χ4n) is 2.62. The third kappa shape index (κ3) is 4.85. The second kappa shape index (κ2) is 8.19. The molecule has 0 aliphatic carbocycles. The van der Waals surface area contributed by atoms with Gasteiger partial charge in [-0.25, -0.2) is 8.42 Å². The van der Waals surface area contributed by atoms with Crippen molar-refractivity contribution in [2.45, 2.75) is 6.92 Å². The summed E-state index contributed by atoms with van der Waals surface area (Å²) in [6.45, 7) is 3.57. The number of carbonyl (C=O) groups is 2. The Labute approximate surface area is 148 Å². The highest BCUT2D eigenvalue weighted by atomic mass is 32.2. The molecular weight excluding hydrogens is 346 g/mol.